The van der Waals surface area contributed by atoms with E-state index in [0.717, 1.165) is 5.56 Å². The zero-order valence-corrected chi connectivity index (χ0v) is 17.1. The maximum atomic E-state index is 13.1. The highest BCUT2D eigenvalue weighted by molar-refractivity contribution is 6.37. The third-order valence-electron chi connectivity index (χ3n) is 4.49. The first-order valence-electron chi connectivity index (χ1n) is 8.81. The summed E-state index contributed by atoms with van der Waals surface area (Å²) in [4.78, 5) is 27.3. The Hall–Kier alpha value is -2.34. The second-order valence-corrected chi connectivity index (χ2v) is 7.32. The first-order chi connectivity index (χ1) is 13.4. The monoisotopic (exact) mass is 418 g/mol. The van der Waals surface area contributed by atoms with E-state index in [0.29, 0.717) is 39.9 Å². The van der Waals surface area contributed by atoms with E-state index in [-0.39, 0.29) is 24.1 Å². The average molecular weight is 419 g/mol. The molecule has 2 aromatic rings. The van der Waals surface area contributed by atoms with Gasteiger partial charge in [0, 0.05) is 36.0 Å². The fourth-order valence-corrected chi connectivity index (χ4v) is 3.31. The lowest BCUT2D eigenvalue weighted by molar-refractivity contribution is -0.136. The fraction of sp³-hybridized carbons (Fsp3) is 0.238. The van der Waals surface area contributed by atoms with E-state index in [1.807, 2.05) is 13.0 Å². The van der Waals surface area contributed by atoms with Crippen molar-refractivity contribution in [2.75, 3.05) is 25.6 Å². The molecule has 7 heteroatoms. The van der Waals surface area contributed by atoms with Crippen LogP contribution < -0.4 is 5.32 Å². The number of anilines is 1. The van der Waals surface area contributed by atoms with Gasteiger partial charge in [0.1, 0.15) is 5.70 Å². The highest BCUT2D eigenvalue weighted by atomic mass is 35.5. The van der Waals surface area contributed by atoms with Gasteiger partial charge in [-0.15, -0.1) is 0 Å². The number of imide groups is 1. The van der Waals surface area contributed by atoms with Gasteiger partial charge in [-0.05, 0) is 48.7 Å². The zero-order valence-electron chi connectivity index (χ0n) is 15.6. The largest absolute Gasteiger partial charge is 0.385 e. The Balaban J connectivity index is 2.02. The first-order valence-corrected chi connectivity index (χ1v) is 9.56. The summed E-state index contributed by atoms with van der Waals surface area (Å²) in [5.74, 6) is -0.712. The quantitative estimate of drug-likeness (QED) is 0.529. The molecular formula is C21H20Cl2N2O3. The molecule has 1 N–H and O–H groups in total. The van der Waals surface area contributed by atoms with Crippen LogP contribution in [0.5, 0.6) is 0 Å². The number of benzene rings is 2. The summed E-state index contributed by atoms with van der Waals surface area (Å²) < 4.78 is 5.04. The highest BCUT2D eigenvalue weighted by Crippen LogP contribution is 2.32. The summed E-state index contributed by atoms with van der Waals surface area (Å²) in [6.07, 6.45) is 0.561. The highest BCUT2D eigenvalue weighted by Gasteiger charge is 2.39. The summed E-state index contributed by atoms with van der Waals surface area (Å²) in [5.41, 5.74) is 2.76. The van der Waals surface area contributed by atoms with Crippen LogP contribution in [0.2, 0.25) is 10.0 Å². The van der Waals surface area contributed by atoms with Crippen LogP contribution in [-0.4, -0.2) is 37.0 Å². The number of nitrogens with one attached hydrogen (secondary N) is 1. The van der Waals surface area contributed by atoms with E-state index in [1.165, 1.54) is 4.90 Å². The molecule has 28 heavy (non-hydrogen) atoms. The van der Waals surface area contributed by atoms with Crippen LogP contribution in [0.3, 0.4) is 0 Å². The van der Waals surface area contributed by atoms with Gasteiger partial charge < -0.3 is 10.1 Å². The van der Waals surface area contributed by atoms with Crippen molar-refractivity contribution in [2.24, 2.45) is 0 Å². The van der Waals surface area contributed by atoms with Crippen molar-refractivity contribution in [3.05, 3.63) is 69.3 Å². The molecule has 1 aliphatic heterocycles. The third kappa shape index (κ3) is 4.22. The van der Waals surface area contributed by atoms with E-state index >= 15 is 0 Å². The number of ether oxygens (including phenoxy) is 1. The summed E-state index contributed by atoms with van der Waals surface area (Å²) in [7, 11) is 1.58. The van der Waals surface area contributed by atoms with Gasteiger partial charge in [-0.3, -0.25) is 14.5 Å². The minimum Gasteiger partial charge on any atom is -0.385 e. The smallest absolute Gasteiger partial charge is 0.278 e. The van der Waals surface area contributed by atoms with Crippen LogP contribution in [0, 0.1) is 6.92 Å². The van der Waals surface area contributed by atoms with Gasteiger partial charge in [-0.2, -0.15) is 0 Å². The van der Waals surface area contributed by atoms with E-state index in [2.05, 4.69) is 5.32 Å². The van der Waals surface area contributed by atoms with Crippen molar-refractivity contribution in [3.8, 4) is 0 Å². The Labute approximate surface area is 173 Å². The van der Waals surface area contributed by atoms with E-state index < -0.39 is 0 Å². The van der Waals surface area contributed by atoms with Crippen LogP contribution in [0.15, 0.2) is 48.2 Å². The second kappa shape index (κ2) is 8.78. The number of aryl methyl sites for hydroxylation is 1. The molecule has 0 saturated heterocycles. The molecule has 0 fully saturated rings. The minimum atomic E-state index is -0.370. The second-order valence-electron chi connectivity index (χ2n) is 6.45. The lowest BCUT2D eigenvalue weighted by Crippen LogP contribution is -2.34. The van der Waals surface area contributed by atoms with Crippen LogP contribution in [0.25, 0.3) is 5.57 Å². The van der Waals surface area contributed by atoms with Gasteiger partial charge in [-0.25, -0.2) is 0 Å². The normalized spacial score (nSPS) is 14.2. The molecule has 0 unspecified atom stereocenters. The molecule has 0 saturated carbocycles. The van der Waals surface area contributed by atoms with Gasteiger partial charge in [0.15, 0.2) is 0 Å². The molecule has 146 valence electrons. The average Bonchev–Trinajstić information content (AvgIpc) is 2.90. The molecule has 0 radical (unpaired) electrons. The number of carbonyl (C=O) groups is 2. The Morgan fingerprint density at radius 2 is 1.68 bits per heavy atom. The van der Waals surface area contributed by atoms with Crippen LogP contribution >= 0.6 is 23.2 Å². The minimum absolute atomic E-state index is 0.232. The van der Waals surface area contributed by atoms with Crippen molar-refractivity contribution in [2.45, 2.75) is 13.3 Å². The number of amides is 2. The molecule has 0 spiro atoms. The van der Waals surface area contributed by atoms with Crippen LogP contribution in [0.1, 0.15) is 17.5 Å². The number of hydrogen-bond donors (Lipinski definition) is 1. The maximum absolute atomic E-state index is 13.1. The molecule has 0 aliphatic carbocycles. The fourth-order valence-electron chi connectivity index (χ4n) is 3.01. The van der Waals surface area contributed by atoms with Crippen LogP contribution in [0.4, 0.5) is 5.69 Å². The summed E-state index contributed by atoms with van der Waals surface area (Å²) in [5, 5.41) is 4.22. The maximum Gasteiger partial charge on any atom is 0.278 e. The predicted molar refractivity (Wildman–Crippen MR) is 111 cm³/mol. The molecule has 2 aromatic carbocycles. The topological polar surface area (TPSA) is 58.6 Å². The molecular weight excluding hydrogens is 399 g/mol. The van der Waals surface area contributed by atoms with E-state index in [1.54, 1.807) is 43.5 Å². The van der Waals surface area contributed by atoms with Gasteiger partial charge in [0.05, 0.1) is 5.57 Å². The molecule has 2 amide bonds. The third-order valence-corrected chi connectivity index (χ3v) is 4.98. The molecule has 0 atom stereocenters. The van der Waals surface area contributed by atoms with E-state index in [9.17, 15) is 9.59 Å². The van der Waals surface area contributed by atoms with Gasteiger partial charge in [0.25, 0.3) is 11.8 Å². The first kappa shape index (κ1) is 20.4. The Kier molecular flexibility index (Phi) is 6.39. The number of rotatable bonds is 7. The van der Waals surface area contributed by atoms with Gasteiger partial charge in [-0.1, -0.05) is 41.4 Å². The standard InChI is InChI=1S/C21H20Cl2N2O3/c1-13-4-7-16(23)12-17(13)24-19-18(14-5-8-15(22)9-6-14)20(26)25(21(19)27)10-3-11-28-2/h4-9,12,24H,3,10-11H2,1-2H3. The molecule has 5 nitrogen and oxygen atoms in total. The number of hydrogen-bond acceptors (Lipinski definition) is 4. The van der Waals surface area contributed by atoms with Gasteiger partial charge in [0.2, 0.25) is 0 Å². The molecule has 3 rings (SSSR count). The van der Waals surface area contributed by atoms with Crippen molar-refractivity contribution in [1.82, 2.24) is 4.90 Å². The lowest BCUT2D eigenvalue weighted by atomic mass is 10.0. The van der Waals surface area contributed by atoms with Crippen molar-refractivity contribution in [1.29, 1.82) is 0 Å². The molecule has 0 aromatic heterocycles. The number of halogens is 2. The SMILES string of the molecule is COCCCN1C(=O)C(Nc2cc(Cl)ccc2C)=C(c2ccc(Cl)cc2)C1=O. The number of nitrogens with zero attached hydrogens (tertiary/aromatic N) is 1. The Morgan fingerprint density at radius 1 is 1.00 bits per heavy atom. The molecule has 1 aliphatic rings. The number of carbonyl (C=O) groups excluding carboxylic acids is 2. The van der Waals surface area contributed by atoms with E-state index in [4.69, 9.17) is 27.9 Å². The van der Waals surface area contributed by atoms with Gasteiger partial charge >= 0.3 is 0 Å². The Bertz CT molecular complexity index is 939. The number of methoxy groups -OCH3 is 1. The summed E-state index contributed by atoms with van der Waals surface area (Å²) in [6, 6.07) is 12.2. The van der Waals surface area contributed by atoms with Crippen LogP contribution in [-0.2, 0) is 14.3 Å². The van der Waals surface area contributed by atoms with Crippen molar-refractivity contribution < 1.29 is 14.3 Å². The summed E-state index contributed by atoms with van der Waals surface area (Å²) in [6.45, 7) is 2.64. The van der Waals surface area contributed by atoms with Crippen molar-refractivity contribution in [3.63, 3.8) is 0 Å². The van der Waals surface area contributed by atoms with Crippen molar-refractivity contribution >= 4 is 46.3 Å². The molecule has 0 bridgehead atoms. The predicted octanol–water partition coefficient (Wildman–Crippen LogP) is 4.53. The zero-order chi connectivity index (χ0) is 20.3. The lowest BCUT2D eigenvalue weighted by Gasteiger charge is -2.15. The summed E-state index contributed by atoms with van der Waals surface area (Å²) >= 11 is 12.1. The molecule has 1 heterocycles. The Morgan fingerprint density at radius 3 is 2.36 bits per heavy atom.